The molecule has 0 aliphatic rings. The van der Waals surface area contributed by atoms with Crippen LogP contribution in [0, 0.1) is 6.92 Å². The van der Waals surface area contributed by atoms with Gasteiger partial charge >= 0.3 is 0 Å². The minimum atomic E-state index is -4.13. The first-order chi connectivity index (χ1) is 20.7. The molecule has 0 radical (unpaired) electrons. The summed E-state index contributed by atoms with van der Waals surface area (Å²) in [5.41, 5.74) is 2.79. The van der Waals surface area contributed by atoms with Gasteiger partial charge in [-0.05, 0) is 66.4 Å². The molecule has 7 nitrogen and oxygen atoms in total. The maximum absolute atomic E-state index is 14.4. The second-order valence-electron chi connectivity index (χ2n) is 10.3. The third kappa shape index (κ3) is 8.46. The van der Waals surface area contributed by atoms with Crippen molar-refractivity contribution < 1.29 is 18.0 Å². The van der Waals surface area contributed by atoms with Gasteiger partial charge in [0.15, 0.2) is 0 Å². The molecule has 0 bridgehead atoms. The monoisotopic (exact) mass is 617 g/mol. The molecule has 4 rings (SSSR count). The van der Waals surface area contributed by atoms with E-state index in [1.54, 1.807) is 54.6 Å². The Kier molecular flexibility index (Phi) is 11.0. The lowest BCUT2D eigenvalue weighted by molar-refractivity contribution is -0.140. The molecule has 9 heteroatoms. The lowest BCUT2D eigenvalue weighted by atomic mass is 10.0. The average molecular weight is 618 g/mol. The van der Waals surface area contributed by atoms with E-state index in [1.807, 2.05) is 56.3 Å². The Labute approximate surface area is 259 Å². The second-order valence-corrected chi connectivity index (χ2v) is 12.6. The summed E-state index contributed by atoms with van der Waals surface area (Å²) in [5, 5.41) is 3.44. The number of anilines is 1. The fraction of sp³-hybridized carbons (Fsp3) is 0.235. The van der Waals surface area contributed by atoms with Crippen molar-refractivity contribution in [3.05, 3.63) is 131 Å². The Hall–Kier alpha value is -4.14. The molecule has 4 aromatic carbocycles. The molecular formula is C34H36ClN3O4S. The number of carbonyl (C=O) groups excluding carboxylic acids is 2. The highest BCUT2D eigenvalue weighted by Gasteiger charge is 2.34. The third-order valence-electron chi connectivity index (χ3n) is 6.96. The Morgan fingerprint density at radius 1 is 0.837 bits per heavy atom. The van der Waals surface area contributed by atoms with Crippen LogP contribution in [-0.4, -0.2) is 44.3 Å². The molecule has 0 fully saturated rings. The molecule has 0 spiro atoms. The van der Waals surface area contributed by atoms with Crippen molar-refractivity contribution in [1.82, 2.24) is 10.2 Å². The van der Waals surface area contributed by atoms with Crippen LogP contribution in [0.25, 0.3) is 0 Å². The van der Waals surface area contributed by atoms with E-state index in [2.05, 4.69) is 5.32 Å². The molecule has 0 heterocycles. The summed E-state index contributed by atoms with van der Waals surface area (Å²) in [5.74, 6) is -0.831. The summed E-state index contributed by atoms with van der Waals surface area (Å²) >= 11 is 6.28. The van der Waals surface area contributed by atoms with Gasteiger partial charge < -0.3 is 10.2 Å². The molecule has 0 aliphatic heterocycles. The van der Waals surface area contributed by atoms with Crippen molar-refractivity contribution in [2.24, 2.45) is 0 Å². The summed E-state index contributed by atoms with van der Waals surface area (Å²) in [6.45, 7) is 3.81. The standard InChI is InChI=1S/C34H36ClN3O4S/c1-3-20-36-34(40)32(23-27-13-6-4-7-14-27)37(24-28-15-11-16-29(35)22-28)33(39)25-38(30-17-10-12-26(2)21-30)43(41,42)31-18-8-5-9-19-31/h4-19,21-22,32H,3,20,23-25H2,1-2H3,(H,36,40). The molecule has 1 atom stereocenters. The molecule has 2 amide bonds. The van der Waals surface area contributed by atoms with Gasteiger partial charge in [0, 0.05) is 24.5 Å². The van der Waals surface area contributed by atoms with Crippen LogP contribution in [0.5, 0.6) is 0 Å². The van der Waals surface area contributed by atoms with Crippen LogP contribution in [0.3, 0.4) is 0 Å². The van der Waals surface area contributed by atoms with Gasteiger partial charge in [0.2, 0.25) is 11.8 Å². The molecule has 1 N–H and O–H groups in total. The van der Waals surface area contributed by atoms with Gasteiger partial charge in [-0.2, -0.15) is 0 Å². The lowest BCUT2D eigenvalue weighted by Crippen LogP contribution is -2.53. The van der Waals surface area contributed by atoms with E-state index >= 15 is 0 Å². The fourth-order valence-corrected chi connectivity index (χ4v) is 6.42. The van der Waals surface area contributed by atoms with Crippen molar-refractivity contribution in [2.75, 3.05) is 17.4 Å². The normalized spacial score (nSPS) is 11.9. The van der Waals surface area contributed by atoms with Gasteiger partial charge in [-0.15, -0.1) is 0 Å². The summed E-state index contributed by atoms with van der Waals surface area (Å²) in [6.07, 6.45) is 0.973. The van der Waals surface area contributed by atoms with Crippen LogP contribution in [0.15, 0.2) is 114 Å². The van der Waals surface area contributed by atoms with Crippen molar-refractivity contribution in [1.29, 1.82) is 0 Å². The molecule has 4 aromatic rings. The highest BCUT2D eigenvalue weighted by atomic mass is 35.5. The number of hydrogen-bond donors (Lipinski definition) is 1. The fourth-order valence-electron chi connectivity index (χ4n) is 4.78. The van der Waals surface area contributed by atoms with E-state index in [4.69, 9.17) is 11.6 Å². The summed E-state index contributed by atoms with van der Waals surface area (Å²) in [7, 11) is -4.13. The number of amides is 2. The van der Waals surface area contributed by atoms with Gasteiger partial charge in [0.25, 0.3) is 10.0 Å². The highest BCUT2D eigenvalue weighted by Crippen LogP contribution is 2.26. The smallest absolute Gasteiger partial charge is 0.264 e. The quantitative estimate of drug-likeness (QED) is 0.199. The zero-order chi connectivity index (χ0) is 30.8. The number of halogens is 1. The number of carbonyl (C=O) groups is 2. The van der Waals surface area contributed by atoms with Gasteiger partial charge in [-0.25, -0.2) is 8.42 Å². The minimum Gasteiger partial charge on any atom is -0.354 e. The molecule has 0 aromatic heterocycles. The topological polar surface area (TPSA) is 86.8 Å². The molecule has 0 aliphatic carbocycles. The molecule has 1 unspecified atom stereocenters. The first-order valence-corrected chi connectivity index (χ1v) is 16.0. The zero-order valence-corrected chi connectivity index (χ0v) is 25.9. The molecule has 224 valence electrons. The maximum atomic E-state index is 14.4. The largest absolute Gasteiger partial charge is 0.354 e. The Morgan fingerprint density at radius 3 is 2.14 bits per heavy atom. The van der Waals surface area contributed by atoms with E-state index in [0.29, 0.717) is 17.3 Å². The molecular weight excluding hydrogens is 582 g/mol. The first-order valence-electron chi connectivity index (χ1n) is 14.2. The van der Waals surface area contributed by atoms with E-state index < -0.39 is 28.5 Å². The summed E-state index contributed by atoms with van der Waals surface area (Å²) in [6, 6.07) is 30.7. The van der Waals surface area contributed by atoms with Crippen LogP contribution in [0.2, 0.25) is 5.02 Å². The summed E-state index contributed by atoms with van der Waals surface area (Å²) in [4.78, 5) is 29.6. The van der Waals surface area contributed by atoms with Gasteiger partial charge in [0.1, 0.15) is 12.6 Å². The Morgan fingerprint density at radius 2 is 1.49 bits per heavy atom. The number of hydrogen-bond acceptors (Lipinski definition) is 4. The van der Waals surface area contributed by atoms with Gasteiger partial charge in [-0.1, -0.05) is 91.3 Å². The Bertz CT molecular complexity index is 1630. The highest BCUT2D eigenvalue weighted by molar-refractivity contribution is 7.92. The van der Waals surface area contributed by atoms with Crippen molar-refractivity contribution in [3.63, 3.8) is 0 Å². The van der Waals surface area contributed by atoms with Crippen LogP contribution in [0.1, 0.15) is 30.0 Å². The number of aryl methyl sites for hydroxylation is 1. The van der Waals surface area contributed by atoms with E-state index in [1.165, 1.54) is 17.0 Å². The number of nitrogens with zero attached hydrogens (tertiary/aromatic N) is 2. The SMILES string of the molecule is CCCNC(=O)C(Cc1ccccc1)N(Cc1cccc(Cl)c1)C(=O)CN(c1cccc(C)c1)S(=O)(=O)c1ccccc1. The second kappa shape index (κ2) is 14.8. The molecule has 0 saturated carbocycles. The predicted molar refractivity (Wildman–Crippen MR) is 171 cm³/mol. The van der Waals surface area contributed by atoms with Crippen molar-refractivity contribution in [3.8, 4) is 0 Å². The van der Waals surface area contributed by atoms with E-state index in [0.717, 1.165) is 27.4 Å². The van der Waals surface area contributed by atoms with Crippen molar-refractivity contribution >= 4 is 39.1 Å². The van der Waals surface area contributed by atoms with E-state index in [9.17, 15) is 18.0 Å². The molecule has 43 heavy (non-hydrogen) atoms. The first kappa shape index (κ1) is 31.8. The Balaban J connectivity index is 1.79. The number of nitrogens with one attached hydrogen (secondary N) is 1. The predicted octanol–water partition coefficient (Wildman–Crippen LogP) is 6.01. The average Bonchev–Trinajstić information content (AvgIpc) is 3.01. The van der Waals surface area contributed by atoms with Crippen LogP contribution in [0.4, 0.5) is 5.69 Å². The van der Waals surface area contributed by atoms with Crippen molar-refractivity contribution in [2.45, 2.75) is 44.2 Å². The van der Waals surface area contributed by atoms with E-state index in [-0.39, 0.29) is 23.8 Å². The van der Waals surface area contributed by atoms with Crippen LogP contribution >= 0.6 is 11.6 Å². The number of benzene rings is 4. The van der Waals surface area contributed by atoms with Crippen LogP contribution in [-0.2, 0) is 32.6 Å². The molecule has 0 saturated heterocycles. The number of rotatable bonds is 13. The maximum Gasteiger partial charge on any atom is 0.264 e. The van der Waals surface area contributed by atoms with Gasteiger partial charge in [-0.3, -0.25) is 13.9 Å². The summed E-state index contributed by atoms with van der Waals surface area (Å²) < 4.78 is 29.1. The number of sulfonamides is 1. The lowest BCUT2D eigenvalue weighted by Gasteiger charge is -2.34. The third-order valence-corrected chi connectivity index (χ3v) is 8.99. The minimum absolute atomic E-state index is 0.0590. The zero-order valence-electron chi connectivity index (χ0n) is 24.3. The van der Waals surface area contributed by atoms with Gasteiger partial charge in [0.05, 0.1) is 10.6 Å². The van der Waals surface area contributed by atoms with Crippen LogP contribution < -0.4 is 9.62 Å².